The highest BCUT2D eigenvalue weighted by molar-refractivity contribution is 6.35. The fourth-order valence-electron chi connectivity index (χ4n) is 2.45. The summed E-state index contributed by atoms with van der Waals surface area (Å²) in [5.74, 6) is 0.561. The van der Waals surface area contributed by atoms with Crippen LogP contribution >= 0.6 is 23.2 Å². The molecule has 0 radical (unpaired) electrons. The average Bonchev–Trinajstić information content (AvgIpc) is 2.66. The van der Waals surface area contributed by atoms with Crippen molar-refractivity contribution < 1.29 is 9.84 Å². The highest BCUT2D eigenvalue weighted by atomic mass is 35.5. The van der Waals surface area contributed by atoms with Crippen LogP contribution in [0.4, 0.5) is 0 Å². The van der Waals surface area contributed by atoms with Gasteiger partial charge in [-0.15, -0.1) is 0 Å². The molecule has 1 aliphatic rings. The molecule has 1 atom stereocenters. The lowest BCUT2D eigenvalue weighted by atomic mass is 10.2. The third-order valence-electron chi connectivity index (χ3n) is 3.49. The summed E-state index contributed by atoms with van der Waals surface area (Å²) >= 11 is 11.9. The fourth-order valence-corrected chi connectivity index (χ4v) is 2.91. The van der Waals surface area contributed by atoms with Crippen LogP contribution in [0.5, 0.6) is 5.75 Å². The van der Waals surface area contributed by atoms with E-state index in [1.165, 1.54) is 25.7 Å². The number of hydrogen-bond donors (Lipinski definition) is 1. The van der Waals surface area contributed by atoms with E-state index in [9.17, 15) is 5.11 Å². The predicted octanol–water partition coefficient (Wildman–Crippen LogP) is 3.61. The van der Waals surface area contributed by atoms with Crippen LogP contribution in [0.25, 0.3) is 0 Å². The number of aliphatic hydroxyl groups is 1. The molecule has 3 nitrogen and oxygen atoms in total. The van der Waals surface area contributed by atoms with Crippen LogP contribution in [0.3, 0.4) is 0 Å². The number of benzene rings is 1. The molecule has 0 bridgehead atoms. The van der Waals surface area contributed by atoms with Crippen molar-refractivity contribution in [2.75, 3.05) is 26.2 Å². The Hall–Kier alpha value is -0.480. The van der Waals surface area contributed by atoms with Crippen molar-refractivity contribution in [1.82, 2.24) is 4.90 Å². The van der Waals surface area contributed by atoms with Gasteiger partial charge >= 0.3 is 0 Å². The van der Waals surface area contributed by atoms with Crippen LogP contribution in [-0.4, -0.2) is 42.4 Å². The zero-order valence-electron chi connectivity index (χ0n) is 11.5. The zero-order chi connectivity index (χ0) is 14.4. The van der Waals surface area contributed by atoms with Gasteiger partial charge in [0.05, 0.1) is 5.02 Å². The first-order chi connectivity index (χ1) is 9.65. The van der Waals surface area contributed by atoms with Crippen LogP contribution in [0.15, 0.2) is 18.2 Å². The maximum Gasteiger partial charge on any atom is 0.138 e. The number of β-amino-alcohol motifs (C(OH)–C–C–N with tert-alkyl or cyclic N) is 1. The number of rotatable bonds is 5. The summed E-state index contributed by atoms with van der Waals surface area (Å²) in [5, 5.41) is 11.1. The van der Waals surface area contributed by atoms with Crippen LogP contribution in [0.1, 0.15) is 25.7 Å². The molecule has 5 heteroatoms. The maximum atomic E-state index is 10.1. The summed E-state index contributed by atoms with van der Waals surface area (Å²) in [6.45, 7) is 3.04. The number of nitrogens with zero attached hydrogens (tertiary/aromatic N) is 1. The average molecular weight is 318 g/mol. The standard InChI is InChI=1S/C15H21Cl2NO2/c16-12-5-6-15(14(17)9-12)20-11-13(19)10-18-7-3-1-2-4-8-18/h5-6,9,13,19H,1-4,7-8,10-11H2/t13-/m1/s1. The van der Waals surface area contributed by atoms with Gasteiger partial charge in [0, 0.05) is 11.6 Å². The van der Waals surface area contributed by atoms with Gasteiger partial charge in [-0.05, 0) is 44.1 Å². The minimum Gasteiger partial charge on any atom is -0.489 e. The quantitative estimate of drug-likeness (QED) is 0.900. The molecule has 20 heavy (non-hydrogen) atoms. The van der Waals surface area contributed by atoms with Crippen LogP contribution < -0.4 is 4.74 Å². The Bertz CT molecular complexity index is 420. The molecule has 0 aliphatic carbocycles. The number of likely N-dealkylation sites (tertiary alicyclic amines) is 1. The molecule has 1 N–H and O–H groups in total. The molecule has 0 amide bonds. The first kappa shape index (κ1) is 15.9. The van der Waals surface area contributed by atoms with Crippen LogP contribution in [-0.2, 0) is 0 Å². The fraction of sp³-hybridized carbons (Fsp3) is 0.600. The van der Waals surface area contributed by atoms with Crippen molar-refractivity contribution in [3.63, 3.8) is 0 Å². The normalized spacial score (nSPS) is 18.6. The molecule has 0 saturated carbocycles. The Labute approximate surface area is 130 Å². The van der Waals surface area contributed by atoms with Gasteiger partial charge in [0.1, 0.15) is 18.5 Å². The molecule has 1 fully saturated rings. The molecule has 1 aromatic carbocycles. The molecule has 1 saturated heterocycles. The van der Waals surface area contributed by atoms with E-state index >= 15 is 0 Å². The SMILES string of the molecule is O[C@@H](COc1ccc(Cl)cc1Cl)CN1CCCCCC1. The summed E-state index contributed by atoms with van der Waals surface area (Å²) in [4.78, 5) is 2.31. The molecule has 0 spiro atoms. The number of halogens is 2. The summed E-state index contributed by atoms with van der Waals surface area (Å²) in [6, 6.07) is 5.09. The van der Waals surface area contributed by atoms with Gasteiger partial charge in [0.2, 0.25) is 0 Å². The van der Waals surface area contributed by atoms with Gasteiger partial charge < -0.3 is 14.7 Å². The lowest BCUT2D eigenvalue weighted by molar-refractivity contribution is 0.0694. The van der Waals surface area contributed by atoms with E-state index in [0.717, 1.165) is 13.1 Å². The minimum absolute atomic E-state index is 0.248. The van der Waals surface area contributed by atoms with Crippen molar-refractivity contribution >= 4 is 23.2 Å². The second-order valence-corrected chi connectivity index (χ2v) is 6.10. The highest BCUT2D eigenvalue weighted by Crippen LogP contribution is 2.27. The number of aliphatic hydroxyl groups excluding tert-OH is 1. The number of hydrogen-bond acceptors (Lipinski definition) is 3. The molecule has 0 unspecified atom stereocenters. The Balaban J connectivity index is 1.77. The lowest BCUT2D eigenvalue weighted by Gasteiger charge is -2.23. The Morgan fingerprint density at radius 2 is 1.85 bits per heavy atom. The van der Waals surface area contributed by atoms with E-state index in [0.29, 0.717) is 22.3 Å². The summed E-state index contributed by atoms with van der Waals surface area (Å²) in [7, 11) is 0. The summed E-state index contributed by atoms with van der Waals surface area (Å²) in [6.07, 6.45) is 4.53. The van der Waals surface area contributed by atoms with E-state index in [2.05, 4.69) is 4.90 Å². The minimum atomic E-state index is -0.500. The second-order valence-electron chi connectivity index (χ2n) is 5.25. The van der Waals surface area contributed by atoms with Gasteiger partial charge in [0.15, 0.2) is 0 Å². The van der Waals surface area contributed by atoms with Crippen LogP contribution in [0, 0.1) is 0 Å². The largest absolute Gasteiger partial charge is 0.489 e. The first-order valence-electron chi connectivity index (χ1n) is 7.13. The van der Waals surface area contributed by atoms with Gasteiger partial charge in [-0.2, -0.15) is 0 Å². The third-order valence-corrected chi connectivity index (χ3v) is 4.02. The highest BCUT2D eigenvalue weighted by Gasteiger charge is 2.14. The summed E-state index contributed by atoms with van der Waals surface area (Å²) < 4.78 is 5.56. The van der Waals surface area contributed by atoms with Gasteiger partial charge in [-0.1, -0.05) is 36.0 Å². The Morgan fingerprint density at radius 1 is 1.15 bits per heavy atom. The zero-order valence-corrected chi connectivity index (χ0v) is 13.0. The van der Waals surface area contributed by atoms with E-state index < -0.39 is 6.10 Å². The lowest BCUT2D eigenvalue weighted by Crippen LogP contribution is -2.36. The van der Waals surface area contributed by atoms with Crippen molar-refractivity contribution in [3.8, 4) is 5.75 Å². The topological polar surface area (TPSA) is 32.7 Å². The molecule has 2 rings (SSSR count). The van der Waals surface area contributed by atoms with Crippen LogP contribution in [0.2, 0.25) is 10.0 Å². The maximum absolute atomic E-state index is 10.1. The van der Waals surface area contributed by atoms with Crippen molar-refractivity contribution in [3.05, 3.63) is 28.2 Å². The molecule has 1 heterocycles. The van der Waals surface area contributed by atoms with Gasteiger partial charge in [-0.25, -0.2) is 0 Å². The first-order valence-corrected chi connectivity index (χ1v) is 7.89. The van der Waals surface area contributed by atoms with Crippen molar-refractivity contribution in [1.29, 1.82) is 0 Å². The Morgan fingerprint density at radius 3 is 2.50 bits per heavy atom. The molecular weight excluding hydrogens is 297 g/mol. The molecule has 0 aromatic heterocycles. The number of ether oxygens (including phenoxy) is 1. The summed E-state index contributed by atoms with van der Waals surface area (Å²) in [5.41, 5.74) is 0. The van der Waals surface area contributed by atoms with E-state index in [1.807, 2.05) is 0 Å². The molecule has 1 aliphatic heterocycles. The smallest absolute Gasteiger partial charge is 0.138 e. The van der Waals surface area contributed by atoms with Crippen molar-refractivity contribution in [2.24, 2.45) is 0 Å². The molecular formula is C15H21Cl2NO2. The molecule has 112 valence electrons. The predicted molar refractivity (Wildman–Crippen MR) is 82.9 cm³/mol. The van der Waals surface area contributed by atoms with E-state index in [-0.39, 0.29) is 6.61 Å². The molecule has 1 aromatic rings. The van der Waals surface area contributed by atoms with Crippen molar-refractivity contribution in [2.45, 2.75) is 31.8 Å². The third kappa shape index (κ3) is 5.13. The van der Waals surface area contributed by atoms with E-state index in [4.69, 9.17) is 27.9 Å². The second kappa shape index (κ2) is 8.08. The van der Waals surface area contributed by atoms with Gasteiger partial charge in [-0.3, -0.25) is 0 Å². The monoisotopic (exact) mass is 317 g/mol. The Kier molecular flexibility index (Phi) is 6.43. The van der Waals surface area contributed by atoms with Gasteiger partial charge in [0.25, 0.3) is 0 Å². The van der Waals surface area contributed by atoms with E-state index in [1.54, 1.807) is 18.2 Å².